The highest BCUT2D eigenvalue weighted by atomic mass is 32.9. The average Bonchev–Trinajstić information content (AvgIpc) is 0.722. The first-order chi connectivity index (χ1) is 2.00. The predicted octanol–water partition coefficient (Wildman–Crippen LogP) is -8.24. The van der Waals surface area contributed by atoms with Crippen LogP contribution in [0.4, 0.5) is 0 Å². The van der Waals surface area contributed by atoms with E-state index in [4.69, 9.17) is 13.3 Å². The molecule has 0 aromatic carbocycles. The first-order valence-corrected chi connectivity index (χ1v) is 3.10. The van der Waals surface area contributed by atoms with Crippen LogP contribution in [-0.4, -0.2) is 68.1 Å². The van der Waals surface area contributed by atoms with Crippen LogP contribution in [0.15, 0.2) is 0 Å². The van der Waals surface area contributed by atoms with Crippen LogP contribution in [0.25, 0.3) is 0 Å². The molecule has 17 heavy (non-hydrogen) atoms. The third kappa shape index (κ3) is 83500. The van der Waals surface area contributed by atoms with Gasteiger partial charge in [-0.25, -0.2) is 0 Å². The van der Waals surface area contributed by atoms with Crippen LogP contribution in [0, 0.1) is 0 Å². The molecule has 0 aliphatic heterocycles. The molecule has 0 unspecified atom stereocenters. The average molecular weight is 328 g/mol. The van der Waals surface area contributed by atoms with E-state index in [1.165, 1.54) is 0 Å². The van der Waals surface area contributed by atoms with Crippen molar-refractivity contribution in [1.82, 2.24) is 12.3 Å². The van der Waals surface area contributed by atoms with Crippen LogP contribution < -0.4 is 12.3 Å². The van der Waals surface area contributed by atoms with Gasteiger partial charge in [-0.3, -0.25) is 9.11 Å². The second kappa shape index (κ2) is 103. The zero-order chi connectivity index (χ0) is 4.50. The van der Waals surface area contributed by atoms with Gasteiger partial charge in [0.05, 0.1) is 0 Å². The summed E-state index contributed by atoms with van der Waals surface area (Å²) in [4.78, 5) is 0. The molecule has 0 bridgehead atoms. The van der Waals surface area contributed by atoms with Gasteiger partial charge in [-0.1, -0.05) is 0 Å². The van der Waals surface area contributed by atoms with E-state index in [1.807, 2.05) is 0 Å². The quantitative estimate of drug-likeness (QED) is 0.333. The Hall–Kier alpha value is -0.190. The molecular weight excluding hydrogens is 300 g/mol. The minimum atomic E-state index is -3.83. The predicted molar refractivity (Wildman–Crippen MR) is 66.9 cm³/mol. The summed E-state index contributed by atoms with van der Waals surface area (Å²) in [5.74, 6) is 0. The lowest BCUT2D eigenvalue weighted by Gasteiger charge is -1.73. The number of hydrogen-bond donors (Lipinski definition) is 4. The highest BCUT2D eigenvalue weighted by molar-refractivity contribution is 8.26. The summed E-state index contributed by atoms with van der Waals surface area (Å²) in [7, 11) is -3.83. The van der Waals surface area contributed by atoms with E-state index in [9.17, 15) is 0 Å². The monoisotopic (exact) mass is 328 g/mol. The first-order valence-electron chi connectivity index (χ1n) is 0.698. The van der Waals surface area contributed by atoms with Crippen molar-refractivity contribution in [2.45, 2.75) is 0 Å². The van der Waals surface area contributed by atoms with E-state index in [0.717, 1.165) is 0 Å². The molecule has 15 nitrogen and oxygen atoms in total. The number of rotatable bonds is 0. The van der Waals surface area contributed by atoms with Crippen LogP contribution in [-0.2, 0) is 20.2 Å². The fourth-order valence-electron chi connectivity index (χ4n) is 0. The SMILES string of the molecule is N.N.O.O.O.O.O.O.O.O.O.O.O=S(O)(O)=S. The molecule has 0 fully saturated rings. The lowest BCUT2D eigenvalue weighted by molar-refractivity contribution is 0.450. The van der Waals surface area contributed by atoms with E-state index in [2.05, 4.69) is 11.2 Å². The zero-order valence-corrected chi connectivity index (χ0v) is 10.2. The molecule has 0 rings (SSSR count). The van der Waals surface area contributed by atoms with Gasteiger partial charge in [-0.05, 0) is 0 Å². The smallest absolute Gasteiger partial charge is 0.263 e. The van der Waals surface area contributed by atoms with E-state index in [-0.39, 0.29) is 67.1 Å². The first kappa shape index (κ1) is 289. The van der Waals surface area contributed by atoms with Crippen molar-refractivity contribution in [3.63, 3.8) is 0 Å². The molecule has 0 spiro atoms. The van der Waals surface area contributed by atoms with Gasteiger partial charge in [0.15, 0.2) is 0 Å². The molecule has 0 aliphatic rings. The summed E-state index contributed by atoms with van der Waals surface area (Å²) in [6, 6.07) is 0. The Balaban J connectivity index is -0.00000000121. The minimum absolute atomic E-state index is 0. The summed E-state index contributed by atoms with van der Waals surface area (Å²) in [5, 5.41) is 0. The van der Waals surface area contributed by atoms with Crippen LogP contribution in [0.5, 0.6) is 0 Å². The molecule has 17 heteroatoms. The van der Waals surface area contributed by atoms with Gasteiger partial charge in [-0.2, -0.15) is 4.21 Å². The second-order valence-corrected chi connectivity index (χ2v) is 2.65. The Bertz CT molecular complexity index is 101. The standard InChI is InChI=1S/2H3N.H2O3S2.10H2O/c;;1-5(2,3)4;;;;;;;;;;/h2*1H3;(H2,1,2,3,4);10*1H2. The maximum absolute atomic E-state index is 9.11. The molecular formula is H28N2O13S2. The molecule has 0 heterocycles. The Morgan fingerprint density at radius 3 is 0.588 bits per heavy atom. The van der Waals surface area contributed by atoms with E-state index >= 15 is 0 Å². The molecule has 0 radical (unpaired) electrons. The van der Waals surface area contributed by atoms with Gasteiger partial charge in [0, 0.05) is 11.2 Å². The van der Waals surface area contributed by atoms with Gasteiger partial charge in [0.25, 0.3) is 9.05 Å². The summed E-state index contributed by atoms with van der Waals surface area (Å²) < 4.78 is 24.0. The van der Waals surface area contributed by atoms with Crippen molar-refractivity contribution in [2.24, 2.45) is 0 Å². The van der Waals surface area contributed by atoms with E-state index in [1.54, 1.807) is 0 Å². The van der Waals surface area contributed by atoms with E-state index < -0.39 is 9.05 Å². The molecule has 0 atom stereocenters. The molecule has 128 valence electrons. The van der Waals surface area contributed by atoms with Crippen LogP contribution >= 0.6 is 0 Å². The van der Waals surface area contributed by atoms with Crippen molar-refractivity contribution in [3.05, 3.63) is 0 Å². The lowest BCUT2D eigenvalue weighted by Crippen LogP contribution is -1.86. The lowest BCUT2D eigenvalue weighted by atomic mass is 14.0. The molecule has 0 aromatic heterocycles. The van der Waals surface area contributed by atoms with Gasteiger partial charge in [0.2, 0.25) is 0 Å². The fraction of sp³-hybridized carbons (Fsp3) is 0. The maximum atomic E-state index is 9.11. The molecule has 28 N–H and O–H groups in total. The molecule has 0 aromatic rings. The Labute approximate surface area is 101 Å². The molecule has 0 amide bonds. The Kier molecular flexibility index (Phi) is 1750. The minimum Gasteiger partial charge on any atom is -0.412 e. The highest BCUT2D eigenvalue weighted by Crippen LogP contribution is 1.62. The summed E-state index contributed by atoms with van der Waals surface area (Å²) in [6.07, 6.45) is 0. The third-order valence-corrected chi connectivity index (χ3v) is 0. The van der Waals surface area contributed by atoms with Gasteiger partial charge >= 0.3 is 0 Å². The highest BCUT2D eigenvalue weighted by Gasteiger charge is 1.78. The van der Waals surface area contributed by atoms with Crippen molar-refractivity contribution in [1.29, 1.82) is 0 Å². The van der Waals surface area contributed by atoms with Gasteiger partial charge < -0.3 is 67.1 Å². The van der Waals surface area contributed by atoms with E-state index in [0.29, 0.717) is 0 Å². The summed E-state index contributed by atoms with van der Waals surface area (Å²) in [6.45, 7) is 0. The maximum Gasteiger partial charge on any atom is 0.263 e. The van der Waals surface area contributed by atoms with Crippen molar-refractivity contribution >= 4 is 20.2 Å². The largest absolute Gasteiger partial charge is 0.412 e. The zero-order valence-electron chi connectivity index (χ0n) is 8.53. The van der Waals surface area contributed by atoms with Crippen molar-refractivity contribution < 1.29 is 68.1 Å². The van der Waals surface area contributed by atoms with Crippen LogP contribution in [0.2, 0.25) is 0 Å². The van der Waals surface area contributed by atoms with Crippen molar-refractivity contribution in [3.8, 4) is 0 Å². The summed E-state index contributed by atoms with van der Waals surface area (Å²) in [5.41, 5.74) is 0. The normalized spacial score (nSPS) is 3.41. The van der Waals surface area contributed by atoms with Crippen LogP contribution in [0.3, 0.4) is 0 Å². The third-order valence-electron chi connectivity index (χ3n) is 0. The molecule has 0 saturated heterocycles. The van der Waals surface area contributed by atoms with Gasteiger partial charge in [0.1, 0.15) is 0 Å². The number of hydrogen-bond acceptors (Lipinski definition) is 4. The van der Waals surface area contributed by atoms with Crippen LogP contribution in [0.1, 0.15) is 0 Å². The molecule has 0 aliphatic carbocycles. The van der Waals surface area contributed by atoms with Crippen molar-refractivity contribution in [2.75, 3.05) is 0 Å². The summed E-state index contributed by atoms with van der Waals surface area (Å²) >= 11 is 3.47. The second-order valence-electron chi connectivity index (χ2n) is 0.448. The fourth-order valence-corrected chi connectivity index (χ4v) is 0. The Morgan fingerprint density at radius 2 is 0.588 bits per heavy atom. The van der Waals surface area contributed by atoms with Gasteiger partial charge in [-0.15, -0.1) is 0 Å². The topological polar surface area (TPSA) is 443 Å². The molecule has 0 saturated carbocycles. The Morgan fingerprint density at radius 1 is 0.588 bits per heavy atom.